The van der Waals surface area contributed by atoms with Crippen molar-refractivity contribution in [2.45, 2.75) is 20.8 Å². The van der Waals surface area contributed by atoms with E-state index in [0.29, 0.717) is 11.3 Å². The van der Waals surface area contributed by atoms with Crippen LogP contribution in [0.5, 0.6) is 5.75 Å². The summed E-state index contributed by atoms with van der Waals surface area (Å²) in [5.41, 5.74) is 4.24. The van der Waals surface area contributed by atoms with Gasteiger partial charge in [-0.3, -0.25) is 14.4 Å². The number of carbonyl (C=O) groups excluding carboxylic acids is 5. The van der Waals surface area contributed by atoms with Crippen molar-refractivity contribution in [3.8, 4) is 5.75 Å². The first-order valence-electron chi connectivity index (χ1n) is 12.8. The lowest BCUT2D eigenvalue weighted by Gasteiger charge is -2.16. The molecule has 1 aliphatic heterocycles. The number of hydrogen-bond donors (Lipinski definition) is 0. The molecular formula is C33H25NO7. The van der Waals surface area contributed by atoms with Crippen LogP contribution >= 0.6 is 0 Å². The number of anilines is 1. The highest BCUT2D eigenvalue weighted by atomic mass is 16.5. The number of carbonyl (C=O) groups is 5. The number of aryl methyl sites for hydroxylation is 3. The molecule has 0 fully saturated rings. The molecule has 204 valence electrons. The fourth-order valence-electron chi connectivity index (χ4n) is 4.51. The summed E-state index contributed by atoms with van der Waals surface area (Å²) >= 11 is 0. The molecule has 0 N–H and O–H groups in total. The van der Waals surface area contributed by atoms with Gasteiger partial charge < -0.3 is 9.47 Å². The molecule has 4 aromatic rings. The first kappa shape index (κ1) is 27.2. The van der Waals surface area contributed by atoms with Crippen LogP contribution in [-0.2, 0) is 4.74 Å². The maximum Gasteiger partial charge on any atom is 0.343 e. The quantitative estimate of drug-likeness (QED) is 0.127. The van der Waals surface area contributed by atoms with Gasteiger partial charge in [0.15, 0.2) is 12.4 Å². The zero-order valence-electron chi connectivity index (χ0n) is 22.6. The number of benzene rings is 4. The number of fused-ring (bicyclic) bond motifs is 1. The molecule has 1 aliphatic rings. The van der Waals surface area contributed by atoms with Crippen LogP contribution in [0, 0.1) is 20.8 Å². The topological polar surface area (TPSA) is 107 Å². The standard InChI is InChI=1S/C33H25NO7/c1-19-4-7-23(8-5-19)33(39)41-25-12-9-22(10-13-25)29(35)18-40-32(38)24-11-14-26-27(17-24)31(37)34(30(26)36)28-15-6-20(2)16-21(28)3/h4-17H,18H2,1-3H3. The van der Waals surface area contributed by atoms with Crippen LogP contribution in [-0.4, -0.2) is 36.1 Å². The Morgan fingerprint density at radius 3 is 1.93 bits per heavy atom. The van der Waals surface area contributed by atoms with Crippen molar-refractivity contribution in [1.82, 2.24) is 0 Å². The summed E-state index contributed by atoms with van der Waals surface area (Å²) in [5, 5.41) is 0. The van der Waals surface area contributed by atoms with Gasteiger partial charge in [0.25, 0.3) is 11.8 Å². The summed E-state index contributed by atoms with van der Waals surface area (Å²) < 4.78 is 10.5. The fourth-order valence-corrected chi connectivity index (χ4v) is 4.51. The van der Waals surface area contributed by atoms with Crippen molar-refractivity contribution < 1.29 is 33.4 Å². The van der Waals surface area contributed by atoms with Gasteiger partial charge >= 0.3 is 11.9 Å². The van der Waals surface area contributed by atoms with Crippen molar-refractivity contribution >= 4 is 35.2 Å². The molecule has 0 aromatic heterocycles. The average Bonchev–Trinajstić information content (AvgIpc) is 3.21. The minimum Gasteiger partial charge on any atom is -0.454 e. The number of esters is 2. The van der Waals surface area contributed by atoms with Crippen LogP contribution in [0.2, 0.25) is 0 Å². The van der Waals surface area contributed by atoms with Gasteiger partial charge in [-0.1, -0.05) is 35.4 Å². The monoisotopic (exact) mass is 547 g/mol. The van der Waals surface area contributed by atoms with Gasteiger partial charge in [0.2, 0.25) is 0 Å². The van der Waals surface area contributed by atoms with Gasteiger partial charge in [0.1, 0.15) is 5.75 Å². The van der Waals surface area contributed by atoms with E-state index in [1.165, 1.54) is 42.5 Å². The van der Waals surface area contributed by atoms with Gasteiger partial charge in [0.05, 0.1) is 27.9 Å². The van der Waals surface area contributed by atoms with Crippen LogP contribution in [0.1, 0.15) is 68.5 Å². The van der Waals surface area contributed by atoms with Gasteiger partial charge in [-0.15, -0.1) is 0 Å². The first-order valence-corrected chi connectivity index (χ1v) is 12.8. The highest BCUT2D eigenvalue weighted by Gasteiger charge is 2.38. The molecular weight excluding hydrogens is 522 g/mol. The van der Waals surface area contributed by atoms with E-state index in [2.05, 4.69) is 0 Å². The Kier molecular flexibility index (Phi) is 7.31. The molecule has 2 amide bonds. The Bertz CT molecular complexity index is 1720. The van der Waals surface area contributed by atoms with E-state index < -0.39 is 36.1 Å². The Morgan fingerprint density at radius 2 is 1.24 bits per heavy atom. The third-order valence-corrected chi connectivity index (χ3v) is 6.72. The Hall–Kier alpha value is -5.37. The summed E-state index contributed by atoms with van der Waals surface area (Å²) in [4.78, 5) is 64.8. The van der Waals surface area contributed by atoms with Crippen molar-refractivity contribution in [2.24, 2.45) is 0 Å². The molecule has 0 saturated heterocycles. The van der Waals surface area contributed by atoms with Crippen molar-refractivity contribution in [3.05, 3.63) is 129 Å². The lowest BCUT2D eigenvalue weighted by Crippen LogP contribution is -2.30. The van der Waals surface area contributed by atoms with Crippen LogP contribution in [0.25, 0.3) is 0 Å². The highest BCUT2D eigenvalue weighted by molar-refractivity contribution is 6.35. The van der Waals surface area contributed by atoms with Crippen LogP contribution < -0.4 is 9.64 Å². The molecule has 0 aliphatic carbocycles. The number of nitrogens with zero attached hydrogens (tertiary/aromatic N) is 1. The number of hydrogen-bond acceptors (Lipinski definition) is 7. The molecule has 0 radical (unpaired) electrons. The smallest absolute Gasteiger partial charge is 0.343 e. The molecule has 0 unspecified atom stereocenters. The predicted molar refractivity (Wildman–Crippen MR) is 151 cm³/mol. The van der Waals surface area contributed by atoms with E-state index in [1.807, 2.05) is 32.9 Å². The normalized spacial score (nSPS) is 12.2. The van der Waals surface area contributed by atoms with Crippen molar-refractivity contribution in [1.29, 1.82) is 0 Å². The minimum atomic E-state index is -0.810. The molecule has 4 aromatic carbocycles. The summed E-state index contributed by atoms with van der Waals surface area (Å²) in [7, 11) is 0. The molecule has 41 heavy (non-hydrogen) atoms. The maximum atomic E-state index is 13.1. The molecule has 0 spiro atoms. The molecule has 1 heterocycles. The van der Waals surface area contributed by atoms with E-state index in [4.69, 9.17) is 9.47 Å². The SMILES string of the molecule is Cc1ccc(C(=O)Oc2ccc(C(=O)COC(=O)c3ccc4c(c3)C(=O)N(c3ccc(C)cc3C)C4=O)cc2)cc1. The van der Waals surface area contributed by atoms with E-state index in [-0.39, 0.29) is 28.0 Å². The molecule has 8 heteroatoms. The lowest BCUT2D eigenvalue weighted by atomic mass is 10.1. The minimum absolute atomic E-state index is 0.0403. The average molecular weight is 548 g/mol. The summed E-state index contributed by atoms with van der Waals surface area (Å²) in [6.07, 6.45) is 0. The summed E-state index contributed by atoms with van der Waals surface area (Å²) in [6.45, 7) is 5.11. The third kappa shape index (κ3) is 5.53. The molecule has 0 saturated carbocycles. The molecule has 8 nitrogen and oxygen atoms in total. The Labute approximate surface area is 236 Å². The largest absolute Gasteiger partial charge is 0.454 e. The van der Waals surface area contributed by atoms with Gasteiger partial charge in [-0.2, -0.15) is 0 Å². The van der Waals surface area contributed by atoms with Gasteiger partial charge in [-0.05, 0) is 87.0 Å². The number of rotatable bonds is 7. The van der Waals surface area contributed by atoms with E-state index in [0.717, 1.165) is 21.6 Å². The van der Waals surface area contributed by atoms with Gasteiger partial charge in [-0.25, -0.2) is 14.5 Å². The second-order valence-corrected chi connectivity index (χ2v) is 9.78. The zero-order chi connectivity index (χ0) is 29.3. The zero-order valence-corrected chi connectivity index (χ0v) is 22.6. The van der Waals surface area contributed by atoms with Crippen molar-refractivity contribution in [3.63, 3.8) is 0 Å². The number of ether oxygens (including phenoxy) is 2. The maximum absolute atomic E-state index is 13.1. The summed E-state index contributed by atoms with van der Waals surface area (Å²) in [5.74, 6) is -2.55. The number of amides is 2. The van der Waals surface area contributed by atoms with Crippen LogP contribution in [0.4, 0.5) is 5.69 Å². The fraction of sp³-hybridized carbons (Fsp3) is 0.121. The highest BCUT2D eigenvalue weighted by Crippen LogP contribution is 2.31. The Balaban J connectivity index is 1.21. The number of ketones is 1. The van der Waals surface area contributed by atoms with Crippen LogP contribution in [0.3, 0.4) is 0 Å². The second kappa shape index (κ2) is 11.0. The second-order valence-electron chi connectivity index (χ2n) is 9.78. The number of imide groups is 1. The van der Waals surface area contributed by atoms with E-state index in [1.54, 1.807) is 30.3 Å². The van der Waals surface area contributed by atoms with E-state index >= 15 is 0 Å². The third-order valence-electron chi connectivity index (χ3n) is 6.72. The predicted octanol–water partition coefficient (Wildman–Crippen LogP) is 5.67. The lowest BCUT2D eigenvalue weighted by molar-refractivity contribution is 0.0474. The first-order chi connectivity index (χ1) is 19.6. The molecule has 0 bridgehead atoms. The molecule has 5 rings (SSSR count). The van der Waals surface area contributed by atoms with Crippen LogP contribution in [0.15, 0.2) is 84.9 Å². The summed E-state index contributed by atoms with van der Waals surface area (Å²) in [6, 6.07) is 22.4. The molecule has 0 atom stereocenters. The Morgan fingerprint density at radius 1 is 0.634 bits per heavy atom. The number of Topliss-reactive ketones (excluding diaryl/α,β-unsaturated/α-hetero) is 1. The van der Waals surface area contributed by atoms with Gasteiger partial charge in [0, 0.05) is 5.56 Å². The van der Waals surface area contributed by atoms with E-state index in [9.17, 15) is 24.0 Å². The van der Waals surface area contributed by atoms with Crippen molar-refractivity contribution in [2.75, 3.05) is 11.5 Å².